The molecule has 0 bridgehead atoms. The SMILES string of the molecule is CC(C)(C)c1ncc(C(C)(C)C)n2cccc12. The van der Waals surface area contributed by atoms with Crippen molar-refractivity contribution in [2.45, 2.75) is 52.4 Å². The highest BCUT2D eigenvalue weighted by Crippen LogP contribution is 2.29. The van der Waals surface area contributed by atoms with Crippen LogP contribution in [0.1, 0.15) is 52.9 Å². The lowest BCUT2D eigenvalue weighted by Gasteiger charge is -2.25. The molecule has 2 heteroatoms. The predicted octanol–water partition coefficient (Wildman–Crippen LogP) is 3.93. The minimum Gasteiger partial charge on any atom is -0.317 e. The third kappa shape index (κ3) is 2.08. The standard InChI is InChI=1S/C15H22N2/c1-14(2,3)12-10-16-13(15(4,5)6)11-8-7-9-17(11)12/h7-10H,1-6H3. The van der Waals surface area contributed by atoms with Gasteiger partial charge in [0.15, 0.2) is 0 Å². The third-order valence-electron chi connectivity index (χ3n) is 3.05. The molecule has 0 unspecified atom stereocenters. The molecular formula is C15H22N2. The van der Waals surface area contributed by atoms with Crippen LogP contribution in [0, 0.1) is 0 Å². The predicted molar refractivity (Wildman–Crippen MR) is 72.6 cm³/mol. The molecule has 17 heavy (non-hydrogen) atoms. The zero-order chi connectivity index (χ0) is 12.8. The summed E-state index contributed by atoms with van der Waals surface area (Å²) in [5.41, 5.74) is 3.84. The molecule has 0 aliphatic carbocycles. The van der Waals surface area contributed by atoms with Gasteiger partial charge in [-0.1, -0.05) is 41.5 Å². The van der Waals surface area contributed by atoms with Crippen molar-refractivity contribution in [1.82, 2.24) is 9.38 Å². The molecule has 0 aromatic carbocycles. The lowest BCUT2D eigenvalue weighted by atomic mass is 9.89. The fourth-order valence-electron chi connectivity index (χ4n) is 2.17. The quantitative estimate of drug-likeness (QED) is 0.670. The molecule has 2 rings (SSSR count). The molecule has 0 saturated heterocycles. The van der Waals surface area contributed by atoms with E-state index in [0.717, 1.165) is 5.69 Å². The summed E-state index contributed by atoms with van der Waals surface area (Å²) in [6.07, 6.45) is 4.15. The van der Waals surface area contributed by atoms with Crippen LogP contribution in [0.5, 0.6) is 0 Å². The van der Waals surface area contributed by atoms with E-state index in [1.807, 2.05) is 6.20 Å². The average molecular weight is 230 g/mol. The zero-order valence-corrected chi connectivity index (χ0v) is 11.7. The third-order valence-corrected chi connectivity index (χ3v) is 3.05. The Morgan fingerprint density at radius 2 is 1.65 bits per heavy atom. The second-order valence-electron chi connectivity index (χ2n) is 6.76. The molecular weight excluding hydrogens is 208 g/mol. The van der Waals surface area contributed by atoms with Gasteiger partial charge in [-0.2, -0.15) is 0 Å². The molecule has 0 aliphatic heterocycles. The van der Waals surface area contributed by atoms with E-state index in [1.165, 1.54) is 11.2 Å². The number of rotatable bonds is 0. The summed E-state index contributed by atoms with van der Waals surface area (Å²) >= 11 is 0. The number of hydrogen-bond donors (Lipinski definition) is 0. The smallest absolute Gasteiger partial charge is 0.0697 e. The topological polar surface area (TPSA) is 17.3 Å². The minimum atomic E-state index is 0.0794. The molecule has 0 radical (unpaired) electrons. The van der Waals surface area contributed by atoms with Crippen LogP contribution in [0.4, 0.5) is 0 Å². The fourth-order valence-corrected chi connectivity index (χ4v) is 2.17. The summed E-state index contributed by atoms with van der Waals surface area (Å²) in [4.78, 5) is 4.70. The molecule has 2 aromatic rings. The van der Waals surface area contributed by atoms with Crippen molar-refractivity contribution >= 4 is 5.52 Å². The van der Waals surface area contributed by atoms with Gasteiger partial charge >= 0.3 is 0 Å². The normalized spacial score (nSPS) is 13.3. The van der Waals surface area contributed by atoms with Crippen molar-refractivity contribution in [3.63, 3.8) is 0 Å². The van der Waals surface area contributed by atoms with E-state index >= 15 is 0 Å². The Hall–Kier alpha value is -1.31. The van der Waals surface area contributed by atoms with E-state index in [2.05, 4.69) is 64.3 Å². The molecule has 0 aliphatic rings. The molecule has 0 amide bonds. The van der Waals surface area contributed by atoms with Gasteiger partial charge < -0.3 is 4.40 Å². The largest absolute Gasteiger partial charge is 0.317 e. The summed E-state index contributed by atoms with van der Waals surface area (Å²) in [6.45, 7) is 13.3. The molecule has 0 N–H and O–H groups in total. The molecule has 92 valence electrons. The maximum absolute atomic E-state index is 4.70. The van der Waals surface area contributed by atoms with Crippen molar-refractivity contribution in [3.05, 3.63) is 35.9 Å². The number of hydrogen-bond acceptors (Lipinski definition) is 1. The van der Waals surface area contributed by atoms with Gasteiger partial charge in [0.05, 0.1) is 11.2 Å². The average Bonchev–Trinajstić information content (AvgIpc) is 2.60. The maximum Gasteiger partial charge on any atom is 0.0697 e. The Kier molecular flexibility index (Phi) is 2.57. The maximum atomic E-state index is 4.70. The van der Waals surface area contributed by atoms with E-state index in [-0.39, 0.29) is 10.8 Å². The van der Waals surface area contributed by atoms with Crippen LogP contribution in [-0.2, 0) is 10.8 Å². The van der Waals surface area contributed by atoms with Crippen molar-refractivity contribution in [1.29, 1.82) is 0 Å². The van der Waals surface area contributed by atoms with Crippen LogP contribution in [-0.4, -0.2) is 9.38 Å². The molecule has 0 saturated carbocycles. The van der Waals surface area contributed by atoms with E-state index in [4.69, 9.17) is 4.98 Å². The number of nitrogens with zero attached hydrogens (tertiary/aromatic N) is 2. The summed E-state index contributed by atoms with van der Waals surface area (Å²) in [5.74, 6) is 0. The highest BCUT2D eigenvalue weighted by atomic mass is 14.9. The molecule has 0 spiro atoms. The molecule has 2 aromatic heterocycles. The van der Waals surface area contributed by atoms with Crippen LogP contribution >= 0.6 is 0 Å². The molecule has 2 nitrogen and oxygen atoms in total. The van der Waals surface area contributed by atoms with Crippen molar-refractivity contribution in [2.24, 2.45) is 0 Å². The van der Waals surface area contributed by atoms with Gasteiger partial charge in [0, 0.05) is 28.9 Å². The van der Waals surface area contributed by atoms with Crippen LogP contribution < -0.4 is 0 Å². The Morgan fingerprint density at radius 3 is 2.18 bits per heavy atom. The van der Waals surface area contributed by atoms with Crippen LogP contribution in [0.25, 0.3) is 5.52 Å². The van der Waals surface area contributed by atoms with Gasteiger partial charge in [0.2, 0.25) is 0 Å². The monoisotopic (exact) mass is 230 g/mol. The summed E-state index contributed by atoms with van der Waals surface area (Å²) in [5, 5.41) is 0. The first kappa shape index (κ1) is 12.2. The Morgan fingerprint density at radius 1 is 1.00 bits per heavy atom. The highest BCUT2D eigenvalue weighted by molar-refractivity contribution is 5.56. The Labute approximate surface area is 104 Å². The van der Waals surface area contributed by atoms with Gasteiger partial charge in [0.25, 0.3) is 0 Å². The lowest BCUT2D eigenvalue weighted by molar-refractivity contribution is 0.539. The first-order chi connectivity index (χ1) is 7.71. The van der Waals surface area contributed by atoms with E-state index in [9.17, 15) is 0 Å². The van der Waals surface area contributed by atoms with Crippen molar-refractivity contribution < 1.29 is 0 Å². The number of aromatic nitrogens is 2. The highest BCUT2D eigenvalue weighted by Gasteiger charge is 2.23. The van der Waals surface area contributed by atoms with Gasteiger partial charge in [-0.25, -0.2) is 0 Å². The van der Waals surface area contributed by atoms with Crippen molar-refractivity contribution in [3.8, 4) is 0 Å². The second-order valence-corrected chi connectivity index (χ2v) is 6.76. The Balaban J connectivity index is 2.76. The molecule has 0 atom stereocenters. The first-order valence-corrected chi connectivity index (χ1v) is 6.18. The van der Waals surface area contributed by atoms with Crippen LogP contribution in [0.3, 0.4) is 0 Å². The van der Waals surface area contributed by atoms with Gasteiger partial charge in [-0.3, -0.25) is 4.98 Å². The summed E-state index contributed by atoms with van der Waals surface area (Å²) in [6, 6.07) is 4.25. The minimum absolute atomic E-state index is 0.0794. The van der Waals surface area contributed by atoms with E-state index in [1.54, 1.807) is 0 Å². The van der Waals surface area contributed by atoms with Crippen LogP contribution in [0.15, 0.2) is 24.5 Å². The zero-order valence-electron chi connectivity index (χ0n) is 11.7. The fraction of sp³-hybridized carbons (Fsp3) is 0.533. The summed E-state index contributed by atoms with van der Waals surface area (Å²) < 4.78 is 2.27. The first-order valence-electron chi connectivity index (χ1n) is 6.18. The van der Waals surface area contributed by atoms with Gasteiger partial charge in [-0.05, 0) is 12.1 Å². The second kappa shape index (κ2) is 3.59. The van der Waals surface area contributed by atoms with Gasteiger partial charge in [0.1, 0.15) is 0 Å². The molecule has 0 fully saturated rings. The van der Waals surface area contributed by atoms with Crippen LogP contribution in [0.2, 0.25) is 0 Å². The van der Waals surface area contributed by atoms with Gasteiger partial charge in [-0.15, -0.1) is 0 Å². The molecule has 2 heterocycles. The lowest BCUT2D eigenvalue weighted by Crippen LogP contribution is -2.21. The summed E-state index contributed by atoms with van der Waals surface area (Å²) in [7, 11) is 0. The Bertz CT molecular complexity index is 488. The number of fused-ring (bicyclic) bond motifs is 1. The van der Waals surface area contributed by atoms with E-state index in [0.29, 0.717) is 0 Å². The van der Waals surface area contributed by atoms with Crippen molar-refractivity contribution in [2.75, 3.05) is 0 Å². The van der Waals surface area contributed by atoms with E-state index < -0.39 is 0 Å².